The van der Waals surface area contributed by atoms with Gasteiger partial charge in [0.25, 0.3) is 0 Å². The molecule has 220 valence electrons. The fraction of sp³-hybridized carbons (Fsp3) is 0.517. The van der Waals surface area contributed by atoms with Gasteiger partial charge in [0.2, 0.25) is 15.9 Å². The summed E-state index contributed by atoms with van der Waals surface area (Å²) in [6.07, 6.45) is 3.19. The van der Waals surface area contributed by atoms with Gasteiger partial charge in [0.1, 0.15) is 6.10 Å². The van der Waals surface area contributed by atoms with Crippen molar-refractivity contribution >= 4 is 27.7 Å². The second-order valence-electron chi connectivity index (χ2n) is 10.1. The van der Waals surface area contributed by atoms with Crippen LogP contribution < -0.4 is 16.4 Å². The van der Waals surface area contributed by atoms with E-state index in [-0.39, 0.29) is 48.7 Å². The number of ether oxygens (including phenoxy) is 2. The summed E-state index contributed by atoms with van der Waals surface area (Å²) >= 11 is 0. The van der Waals surface area contributed by atoms with Crippen LogP contribution in [0.15, 0.2) is 59.5 Å². The van der Waals surface area contributed by atoms with Crippen LogP contribution in [0.25, 0.3) is 0 Å². The summed E-state index contributed by atoms with van der Waals surface area (Å²) in [5.74, 6) is -0.0762. The molecule has 4 rings (SSSR count). The summed E-state index contributed by atoms with van der Waals surface area (Å²) in [7, 11) is -3.79. The van der Waals surface area contributed by atoms with Crippen LogP contribution in [0.4, 0.5) is 10.5 Å². The number of amides is 2. The summed E-state index contributed by atoms with van der Waals surface area (Å²) in [6, 6.07) is 16.0. The molecule has 2 aromatic carbocycles. The van der Waals surface area contributed by atoms with Gasteiger partial charge in [0.15, 0.2) is 0 Å². The number of nitrogens with zero attached hydrogens (tertiary/aromatic N) is 1. The topological polar surface area (TPSA) is 140 Å². The minimum atomic E-state index is -3.79. The molecule has 0 aromatic heterocycles. The number of nitrogens with two attached hydrogens (primary N) is 1. The highest BCUT2D eigenvalue weighted by atomic mass is 32.2. The van der Waals surface area contributed by atoms with Gasteiger partial charge in [0.05, 0.1) is 11.0 Å². The van der Waals surface area contributed by atoms with Gasteiger partial charge in [0, 0.05) is 50.8 Å². The Kier molecular flexibility index (Phi) is 12.2. The molecule has 0 unspecified atom stereocenters. The lowest BCUT2D eigenvalue weighted by Gasteiger charge is -2.25. The molecule has 1 saturated carbocycles. The number of sulfonamides is 1. The molecule has 1 heterocycles. The maximum atomic E-state index is 13.2. The van der Waals surface area contributed by atoms with Crippen molar-refractivity contribution in [3.05, 3.63) is 60.2 Å². The number of anilines is 1. The third-order valence-electron chi connectivity index (χ3n) is 6.83. The Labute approximate surface area is 237 Å². The van der Waals surface area contributed by atoms with Crippen LogP contribution in [-0.4, -0.2) is 69.2 Å². The smallest absolute Gasteiger partial charge is 0.407 e. The molecule has 2 amide bonds. The molecular formula is C29H42N4O6S. The zero-order valence-corrected chi connectivity index (χ0v) is 24.2. The third-order valence-corrected chi connectivity index (χ3v) is 8.71. The van der Waals surface area contributed by atoms with Crippen molar-refractivity contribution in [1.29, 1.82) is 0 Å². The van der Waals surface area contributed by atoms with Gasteiger partial charge < -0.3 is 25.8 Å². The highest BCUT2D eigenvalue weighted by Crippen LogP contribution is 2.24. The molecular weight excluding hydrogens is 532 g/mol. The number of carbonyl (C=O) groups is 2. The molecule has 10 nitrogen and oxygen atoms in total. The van der Waals surface area contributed by atoms with E-state index in [1.165, 1.54) is 22.0 Å². The van der Waals surface area contributed by atoms with E-state index in [9.17, 15) is 18.0 Å². The molecule has 2 fully saturated rings. The summed E-state index contributed by atoms with van der Waals surface area (Å²) in [4.78, 5) is 23.8. The Balaban J connectivity index is 0.000000547. The molecule has 3 atom stereocenters. The number of rotatable bonds is 11. The number of aryl methyl sites for hydroxylation is 1. The zero-order chi connectivity index (χ0) is 29.0. The van der Waals surface area contributed by atoms with E-state index < -0.39 is 16.1 Å². The van der Waals surface area contributed by atoms with Crippen molar-refractivity contribution in [2.75, 3.05) is 32.0 Å². The van der Waals surface area contributed by atoms with Crippen molar-refractivity contribution in [2.45, 2.75) is 75.5 Å². The van der Waals surface area contributed by atoms with Crippen LogP contribution in [-0.2, 0) is 24.3 Å². The van der Waals surface area contributed by atoms with Gasteiger partial charge in [-0.2, -0.15) is 4.31 Å². The molecule has 1 aliphatic heterocycles. The van der Waals surface area contributed by atoms with Crippen LogP contribution in [0.3, 0.4) is 0 Å². The highest BCUT2D eigenvalue weighted by Gasteiger charge is 2.31. The monoisotopic (exact) mass is 574 g/mol. The summed E-state index contributed by atoms with van der Waals surface area (Å²) < 4.78 is 38.8. The fourth-order valence-electron chi connectivity index (χ4n) is 4.73. The largest absolute Gasteiger partial charge is 0.446 e. The van der Waals surface area contributed by atoms with E-state index in [0.717, 1.165) is 12.8 Å². The Hall–Kier alpha value is -3.15. The average Bonchev–Trinajstić information content (AvgIpc) is 3.55. The summed E-state index contributed by atoms with van der Waals surface area (Å²) in [6.45, 7) is 5.30. The lowest BCUT2D eigenvalue weighted by Crippen LogP contribution is -2.43. The van der Waals surface area contributed by atoms with Gasteiger partial charge in [-0.25, -0.2) is 13.2 Å². The van der Waals surface area contributed by atoms with Gasteiger partial charge in [-0.15, -0.1) is 0 Å². The average molecular weight is 575 g/mol. The van der Waals surface area contributed by atoms with Crippen molar-refractivity contribution in [1.82, 2.24) is 14.9 Å². The Morgan fingerprint density at radius 2 is 1.77 bits per heavy atom. The number of hydrogen-bond donors (Lipinski definition) is 3. The van der Waals surface area contributed by atoms with Crippen molar-refractivity contribution in [3.8, 4) is 0 Å². The maximum absolute atomic E-state index is 13.2. The van der Waals surface area contributed by atoms with E-state index in [1.807, 2.05) is 25.1 Å². The molecule has 40 heavy (non-hydrogen) atoms. The maximum Gasteiger partial charge on any atom is 0.407 e. The second-order valence-corrected chi connectivity index (χ2v) is 12.0. The first-order valence-electron chi connectivity index (χ1n) is 13.9. The van der Waals surface area contributed by atoms with Gasteiger partial charge in [-0.05, 0) is 63.8 Å². The highest BCUT2D eigenvalue weighted by molar-refractivity contribution is 7.89. The van der Waals surface area contributed by atoms with E-state index >= 15 is 0 Å². The van der Waals surface area contributed by atoms with E-state index in [4.69, 9.17) is 15.2 Å². The standard InChI is InChI=1S/C22H34N4O6S.C7H8/c1-2-31-18-7-8-19(14-18)32-22(28)24-12-3-13-26(15-17-6-11-21(27)25-17)33(29,30)20-9-4-16(23)5-10-20;1-7-5-3-2-4-6-7/h4-5,9-10,17-19H,2-3,6-8,11-15,23H2,1H3,(H,24,28)(H,25,27);2-6H,1H3/t17-,18+,19-;/m1./s1. The van der Waals surface area contributed by atoms with Gasteiger partial charge in [-0.3, -0.25) is 4.79 Å². The number of nitrogen functional groups attached to an aromatic ring is 1. The fourth-order valence-corrected chi connectivity index (χ4v) is 6.25. The molecule has 0 bridgehead atoms. The molecule has 0 radical (unpaired) electrons. The van der Waals surface area contributed by atoms with Crippen LogP contribution in [0.5, 0.6) is 0 Å². The first-order chi connectivity index (χ1) is 19.2. The van der Waals surface area contributed by atoms with E-state index in [2.05, 4.69) is 29.7 Å². The Morgan fingerprint density at radius 1 is 1.07 bits per heavy atom. The normalized spacial score (nSPS) is 20.5. The lowest BCUT2D eigenvalue weighted by molar-refractivity contribution is -0.119. The predicted molar refractivity (Wildman–Crippen MR) is 154 cm³/mol. The van der Waals surface area contributed by atoms with E-state index in [1.54, 1.807) is 12.1 Å². The number of alkyl carbamates (subject to hydrolysis) is 1. The molecule has 2 aliphatic rings. The molecule has 1 saturated heterocycles. The molecule has 4 N–H and O–H groups in total. The van der Waals surface area contributed by atoms with Crippen molar-refractivity contribution in [3.63, 3.8) is 0 Å². The first-order valence-corrected chi connectivity index (χ1v) is 15.3. The van der Waals surface area contributed by atoms with Crippen molar-refractivity contribution in [2.24, 2.45) is 0 Å². The van der Waals surface area contributed by atoms with Gasteiger partial charge in [-0.1, -0.05) is 35.9 Å². The van der Waals surface area contributed by atoms with Crippen LogP contribution in [0.1, 0.15) is 51.0 Å². The van der Waals surface area contributed by atoms with Crippen LogP contribution in [0, 0.1) is 6.92 Å². The SMILES string of the molecule is CCO[C@H]1CC[C@@H](OC(=O)NCCCN(C[C@H]2CCC(=O)N2)S(=O)(=O)c2ccc(N)cc2)C1.Cc1ccccc1. The third kappa shape index (κ3) is 10.1. The number of benzene rings is 2. The van der Waals surface area contributed by atoms with Gasteiger partial charge >= 0.3 is 6.09 Å². The number of carbonyl (C=O) groups excluding carboxylic acids is 2. The minimum Gasteiger partial charge on any atom is -0.446 e. The second kappa shape index (κ2) is 15.6. The first kappa shape index (κ1) is 31.4. The summed E-state index contributed by atoms with van der Waals surface area (Å²) in [5, 5.41) is 5.51. The molecule has 11 heteroatoms. The predicted octanol–water partition coefficient (Wildman–Crippen LogP) is 3.61. The Bertz CT molecular complexity index is 1180. The molecule has 0 spiro atoms. The van der Waals surface area contributed by atoms with Crippen LogP contribution in [0.2, 0.25) is 0 Å². The lowest BCUT2D eigenvalue weighted by atomic mass is 10.2. The van der Waals surface area contributed by atoms with Crippen LogP contribution >= 0.6 is 0 Å². The quantitative estimate of drug-likeness (QED) is 0.275. The van der Waals surface area contributed by atoms with Crippen molar-refractivity contribution < 1.29 is 27.5 Å². The minimum absolute atomic E-state index is 0.0762. The number of hydrogen-bond acceptors (Lipinski definition) is 7. The zero-order valence-electron chi connectivity index (χ0n) is 23.4. The Morgan fingerprint density at radius 3 is 2.38 bits per heavy atom. The molecule has 2 aromatic rings. The summed E-state index contributed by atoms with van der Waals surface area (Å²) in [5.41, 5.74) is 7.48. The number of nitrogens with one attached hydrogen (secondary N) is 2. The van der Waals surface area contributed by atoms with E-state index in [0.29, 0.717) is 38.0 Å². The molecule has 1 aliphatic carbocycles.